The first-order valence-electron chi connectivity index (χ1n) is 14.6. The number of amidine groups is 2. The number of hydrogen-bond acceptors (Lipinski definition) is 4. The molecule has 0 unspecified atom stereocenters. The van der Waals surface area contributed by atoms with Gasteiger partial charge in [0.1, 0.15) is 11.7 Å². The van der Waals surface area contributed by atoms with Crippen molar-refractivity contribution < 1.29 is 0 Å². The number of benzene rings is 5. The number of anilines is 2. The molecule has 6 heteroatoms. The molecule has 0 bridgehead atoms. The third-order valence-electron chi connectivity index (χ3n) is 8.27. The van der Waals surface area contributed by atoms with E-state index in [9.17, 15) is 0 Å². The van der Waals surface area contributed by atoms with Crippen LogP contribution in [0.25, 0.3) is 43.8 Å². The van der Waals surface area contributed by atoms with Gasteiger partial charge in [0.05, 0.1) is 0 Å². The van der Waals surface area contributed by atoms with Crippen LogP contribution in [0.4, 0.5) is 23.0 Å². The summed E-state index contributed by atoms with van der Waals surface area (Å²) in [5.74, 6) is 3.02. The molecule has 2 N–H and O–H groups in total. The third-order valence-corrected chi connectivity index (χ3v) is 8.27. The van der Waals surface area contributed by atoms with Gasteiger partial charge < -0.3 is 10.6 Å². The largest absolute Gasteiger partial charge is 0.339 e. The summed E-state index contributed by atoms with van der Waals surface area (Å²) in [6.45, 7) is 0. The van der Waals surface area contributed by atoms with Crippen molar-refractivity contribution >= 4 is 56.2 Å². The van der Waals surface area contributed by atoms with Crippen molar-refractivity contribution in [1.29, 1.82) is 0 Å². The summed E-state index contributed by atoms with van der Waals surface area (Å²) in [5, 5.41) is 11.8. The Balaban J connectivity index is 1.05. The van der Waals surface area contributed by atoms with Gasteiger partial charge in [-0.15, -0.1) is 0 Å². The molecule has 9 rings (SSSR count). The SMILES string of the molecule is c1ccc(N=C2Nc3cc(-c4ccc(-c5cc6c7c(cccc7c5)C(=Nc5ccccn5)N6)cc4)cc4cccc2c34)nc1. The molecule has 6 nitrogen and oxygen atoms in total. The van der Waals surface area contributed by atoms with E-state index in [1.165, 1.54) is 21.5 Å². The average Bonchev–Trinajstić information content (AvgIpc) is 3.61. The summed E-state index contributed by atoms with van der Waals surface area (Å²) in [6, 6.07) is 42.0. The lowest BCUT2D eigenvalue weighted by molar-refractivity contribution is 1.27. The van der Waals surface area contributed by atoms with E-state index < -0.39 is 0 Å². The Hall–Kier alpha value is -6.14. The van der Waals surface area contributed by atoms with Gasteiger partial charge in [-0.3, -0.25) is 0 Å². The van der Waals surface area contributed by atoms with Gasteiger partial charge in [0, 0.05) is 45.7 Å². The minimum Gasteiger partial charge on any atom is -0.339 e. The lowest BCUT2D eigenvalue weighted by atomic mass is 9.95. The van der Waals surface area contributed by atoms with Crippen LogP contribution in [0, 0.1) is 0 Å². The molecule has 2 aromatic heterocycles. The van der Waals surface area contributed by atoms with Gasteiger partial charge in [-0.25, -0.2) is 20.0 Å². The van der Waals surface area contributed by atoms with Gasteiger partial charge in [0.25, 0.3) is 0 Å². The fourth-order valence-electron chi connectivity index (χ4n) is 6.27. The summed E-state index contributed by atoms with van der Waals surface area (Å²) in [4.78, 5) is 18.3. The van der Waals surface area contributed by atoms with Crippen LogP contribution in [-0.2, 0) is 0 Å². The first kappa shape index (κ1) is 24.5. The van der Waals surface area contributed by atoms with Crippen LogP contribution in [0.1, 0.15) is 11.1 Å². The first-order valence-corrected chi connectivity index (χ1v) is 14.6. The van der Waals surface area contributed by atoms with E-state index in [4.69, 9.17) is 9.98 Å². The number of hydrogen-bond donors (Lipinski definition) is 2. The molecular formula is C38H24N6. The van der Waals surface area contributed by atoms with E-state index in [0.717, 1.165) is 56.4 Å². The summed E-state index contributed by atoms with van der Waals surface area (Å²) in [5.41, 5.74) is 8.95. The molecule has 44 heavy (non-hydrogen) atoms. The van der Waals surface area contributed by atoms with E-state index in [0.29, 0.717) is 11.6 Å². The molecule has 2 aliphatic rings. The Morgan fingerprint density at radius 3 is 1.34 bits per heavy atom. The molecule has 7 aromatic rings. The van der Waals surface area contributed by atoms with Crippen molar-refractivity contribution in [2.24, 2.45) is 9.98 Å². The molecule has 0 saturated carbocycles. The minimum atomic E-state index is 0.686. The molecule has 0 saturated heterocycles. The zero-order chi connectivity index (χ0) is 29.0. The zero-order valence-corrected chi connectivity index (χ0v) is 23.5. The summed E-state index contributed by atoms with van der Waals surface area (Å²) in [6.07, 6.45) is 3.53. The van der Waals surface area contributed by atoms with Gasteiger partial charge in [0.15, 0.2) is 11.6 Å². The topological polar surface area (TPSA) is 74.6 Å². The van der Waals surface area contributed by atoms with Crippen molar-refractivity contribution in [1.82, 2.24) is 9.97 Å². The predicted molar refractivity (Wildman–Crippen MR) is 180 cm³/mol. The Bertz CT molecular complexity index is 2140. The summed E-state index contributed by atoms with van der Waals surface area (Å²) >= 11 is 0. The quantitative estimate of drug-likeness (QED) is 0.224. The molecule has 206 valence electrons. The maximum atomic E-state index is 4.79. The van der Waals surface area contributed by atoms with Crippen LogP contribution in [0.5, 0.6) is 0 Å². The molecule has 0 amide bonds. The van der Waals surface area contributed by atoms with Crippen LogP contribution in [0.15, 0.2) is 144 Å². The Morgan fingerprint density at radius 2 is 0.909 bits per heavy atom. The number of pyridine rings is 2. The summed E-state index contributed by atoms with van der Waals surface area (Å²) < 4.78 is 0. The average molecular weight is 565 g/mol. The number of nitrogens with zero attached hydrogens (tertiary/aromatic N) is 4. The van der Waals surface area contributed by atoms with Crippen molar-refractivity contribution in [3.63, 3.8) is 0 Å². The van der Waals surface area contributed by atoms with E-state index >= 15 is 0 Å². The molecule has 0 atom stereocenters. The second kappa shape index (κ2) is 9.71. The summed E-state index contributed by atoms with van der Waals surface area (Å²) in [7, 11) is 0. The predicted octanol–water partition coefficient (Wildman–Crippen LogP) is 9.12. The van der Waals surface area contributed by atoms with Crippen molar-refractivity contribution in [3.8, 4) is 22.3 Å². The second-order valence-corrected chi connectivity index (χ2v) is 11.0. The van der Waals surface area contributed by atoms with Gasteiger partial charge in [-0.1, -0.05) is 72.8 Å². The van der Waals surface area contributed by atoms with Gasteiger partial charge in [0.2, 0.25) is 0 Å². The highest BCUT2D eigenvalue weighted by molar-refractivity contribution is 6.28. The molecular weight excluding hydrogens is 540 g/mol. The Kier molecular flexibility index (Phi) is 5.40. The van der Waals surface area contributed by atoms with Crippen LogP contribution < -0.4 is 10.6 Å². The number of rotatable bonds is 4. The molecule has 0 fully saturated rings. The van der Waals surface area contributed by atoms with E-state index in [-0.39, 0.29) is 0 Å². The third kappa shape index (κ3) is 4.04. The fourth-order valence-corrected chi connectivity index (χ4v) is 6.27. The highest BCUT2D eigenvalue weighted by Crippen LogP contribution is 2.40. The number of nitrogens with one attached hydrogen (secondary N) is 2. The smallest absolute Gasteiger partial charge is 0.154 e. The maximum Gasteiger partial charge on any atom is 0.154 e. The van der Waals surface area contributed by atoms with E-state index in [1.807, 2.05) is 36.4 Å². The molecule has 0 aliphatic carbocycles. The molecule has 0 spiro atoms. The Morgan fingerprint density at radius 1 is 0.432 bits per heavy atom. The fraction of sp³-hybridized carbons (Fsp3) is 0. The van der Waals surface area contributed by atoms with Crippen LogP contribution in [-0.4, -0.2) is 21.6 Å². The van der Waals surface area contributed by atoms with Gasteiger partial charge in [-0.2, -0.15) is 0 Å². The molecule has 0 radical (unpaired) electrons. The maximum absolute atomic E-state index is 4.79. The standard InChI is InChI=1S/C38H24N6/c1-3-17-39-33(11-1)43-37-29-9-5-7-25-19-27(21-31(41-37)35(25)29)23-13-15-24(16-14-23)28-20-26-8-6-10-30-36(26)32(22-28)42-38(30)44-34-12-2-4-18-40-34/h1-22H,(H,39,41,43)(H,40,42,44). The van der Waals surface area contributed by atoms with Crippen LogP contribution in [0.3, 0.4) is 0 Å². The first-order chi connectivity index (χ1) is 21.8. The molecule has 4 heterocycles. The highest BCUT2D eigenvalue weighted by Gasteiger charge is 2.22. The van der Waals surface area contributed by atoms with Crippen molar-refractivity contribution in [2.75, 3.05) is 10.6 Å². The van der Waals surface area contributed by atoms with Crippen molar-refractivity contribution in [2.45, 2.75) is 0 Å². The van der Waals surface area contributed by atoms with Crippen molar-refractivity contribution in [3.05, 3.63) is 145 Å². The van der Waals surface area contributed by atoms with E-state index in [2.05, 4.69) is 106 Å². The molecule has 5 aromatic carbocycles. The second-order valence-electron chi connectivity index (χ2n) is 11.0. The highest BCUT2D eigenvalue weighted by atomic mass is 15.1. The number of aromatic nitrogens is 2. The van der Waals surface area contributed by atoms with Gasteiger partial charge >= 0.3 is 0 Å². The monoisotopic (exact) mass is 564 g/mol. The minimum absolute atomic E-state index is 0.686. The van der Waals surface area contributed by atoms with Gasteiger partial charge in [-0.05, 0) is 81.6 Å². The zero-order valence-electron chi connectivity index (χ0n) is 23.5. The number of aliphatic imine (C=N–C) groups is 2. The lowest BCUT2D eigenvalue weighted by Gasteiger charge is -2.10. The Labute approximate surface area is 253 Å². The lowest BCUT2D eigenvalue weighted by Crippen LogP contribution is -2.06. The van der Waals surface area contributed by atoms with Crippen LogP contribution in [0.2, 0.25) is 0 Å². The molecule has 2 aliphatic heterocycles. The van der Waals surface area contributed by atoms with E-state index in [1.54, 1.807) is 12.4 Å². The normalized spacial score (nSPS) is 14.8. The van der Waals surface area contributed by atoms with Crippen LogP contribution >= 0.6 is 0 Å².